The van der Waals surface area contributed by atoms with Crippen LogP contribution in [0.1, 0.15) is 12.0 Å². The first-order chi connectivity index (χ1) is 11.5. The van der Waals surface area contributed by atoms with Gasteiger partial charge in [-0.25, -0.2) is 4.79 Å². The number of nitrogens with one attached hydrogen (secondary N) is 2. The number of amides is 3. The summed E-state index contributed by atoms with van der Waals surface area (Å²) in [6.07, 6.45) is 1.31. The molecular formula is C18H18ClN3O2. The summed E-state index contributed by atoms with van der Waals surface area (Å²) in [5.41, 5.74) is 2.53. The minimum Gasteiger partial charge on any atom is -0.324 e. The second-order valence-electron chi connectivity index (χ2n) is 5.75. The maximum atomic E-state index is 12.5. The van der Waals surface area contributed by atoms with Gasteiger partial charge in [0.2, 0.25) is 5.91 Å². The molecule has 0 spiro atoms. The van der Waals surface area contributed by atoms with Crippen LogP contribution in [-0.4, -0.2) is 29.9 Å². The van der Waals surface area contributed by atoms with E-state index in [1.807, 2.05) is 24.3 Å². The molecule has 0 aliphatic carbocycles. The number of hydrogen-bond donors (Lipinski definition) is 2. The Balaban J connectivity index is 1.70. The van der Waals surface area contributed by atoms with E-state index in [1.54, 1.807) is 31.3 Å². The van der Waals surface area contributed by atoms with E-state index in [-0.39, 0.29) is 11.9 Å². The van der Waals surface area contributed by atoms with Gasteiger partial charge in [-0.2, -0.15) is 0 Å². The van der Waals surface area contributed by atoms with E-state index < -0.39 is 6.04 Å². The van der Waals surface area contributed by atoms with Gasteiger partial charge in [-0.15, -0.1) is 0 Å². The number of hydrogen-bond acceptors (Lipinski definition) is 2. The van der Waals surface area contributed by atoms with Gasteiger partial charge in [-0.05, 0) is 48.7 Å². The van der Waals surface area contributed by atoms with Crippen molar-refractivity contribution in [2.45, 2.75) is 18.9 Å². The molecule has 6 heteroatoms. The van der Waals surface area contributed by atoms with Crippen molar-refractivity contribution < 1.29 is 9.59 Å². The number of fused-ring (bicyclic) bond motifs is 1. The molecule has 24 heavy (non-hydrogen) atoms. The number of likely N-dealkylation sites (N-methyl/N-ethyl adjacent to an activating group) is 1. The molecule has 2 N–H and O–H groups in total. The van der Waals surface area contributed by atoms with Gasteiger partial charge in [0.15, 0.2) is 0 Å². The fourth-order valence-electron chi connectivity index (χ4n) is 2.76. The van der Waals surface area contributed by atoms with E-state index in [4.69, 9.17) is 11.6 Å². The zero-order chi connectivity index (χ0) is 17.1. The molecule has 0 aromatic heterocycles. The molecule has 0 radical (unpaired) electrons. The van der Waals surface area contributed by atoms with Crippen LogP contribution >= 0.6 is 11.6 Å². The zero-order valence-corrected chi connectivity index (χ0v) is 14.0. The highest BCUT2D eigenvalue weighted by atomic mass is 35.5. The highest BCUT2D eigenvalue weighted by Crippen LogP contribution is 2.23. The molecule has 124 valence electrons. The van der Waals surface area contributed by atoms with Crippen molar-refractivity contribution in [1.29, 1.82) is 0 Å². The number of urea groups is 1. The van der Waals surface area contributed by atoms with Gasteiger partial charge in [0.05, 0.1) is 0 Å². The number of carbonyl (C=O) groups excluding carboxylic acids is 2. The number of nitrogens with zero attached hydrogens (tertiary/aromatic N) is 1. The fraction of sp³-hybridized carbons (Fsp3) is 0.222. The molecule has 0 saturated carbocycles. The smallest absolute Gasteiger partial charge is 0.322 e. The minimum atomic E-state index is -0.523. The predicted octanol–water partition coefficient (Wildman–Crippen LogP) is 3.76. The Hall–Kier alpha value is -2.53. The van der Waals surface area contributed by atoms with E-state index in [0.717, 1.165) is 17.7 Å². The van der Waals surface area contributed by atoms with Crippen LogP contribution in [0.25, 0.3) is 0 Å². The minimum absolute atomic E-state index is 0.172. The lowest BCUT2D eigenvalue weighted by Gasteiger charge is -2.26. The zero-order valence-electron chi connectivity index (χ0n) is 13.3. The summed E-state index contributed by atoms with van der Waals surface area (Å²) in [5.74, 6) is -0.172. The summed E-state index contributed by atoms with van der Waals surface area (Å²) in [7, 11) is 1.63. The molecule has 3 rings (SSSR count). The molecule has 0 fully saturated rings. The van der Waals surface area contributed by atoms with Gasteiger partial charge >= 0.3 is 6.03 Å². The van der Waals surface area contributed by atoms with E-state index in [0.29, 0.717) is 17.1 Å². The Morgan fingerprint density at radius 1 is 1.21 bits per heavy atom. The Morgan fingerprint density at radius 2 is 1.92 bits per heavy atom. The standard InChI is InChI=1S/C18H18ClN3O2/c1-22(18(24)20-14-9-7-13(19)8-10-14)16-11-6-12-4-2-3-5-15(12)21-17(16)23/h2-5,7-10,16H,6,11H2,1H3,(H,20,24)(H,21,23)/t16-/m0/s1. The third-order valence-electron chi connectivity index (χ3n) is 4.15. The Bertz CT molecular complexity index is 761. The molecular weight excluding hydrogens is 326 g/mol. The lowest BCUT2D eigenvalue weighted by atomic mass is 10.1. The molecule has 1 aliphatic rings. The van der Waals surface area contributed by atoms with Crippen molar-refractivity contribution in [2.75, 3.05) is 17.7 Å². The average Bonchev–Trinajstić information content (AvgIpc) is 2.74. The summed E-state index contributed by atoms with van der Waals surface area (Å²) in [6.45, 7) is 0. The van der Waals surface area contributed by atoms with Crippen LogP contribution in [0.5, 0.6) is 0 Å². The predicted molar refractivity (Wildman–Crippen MR) is 95.4 cm³/mol. The van der Waals surface area contributed by atoms with Crippen LogP contribution in [0.2, 0.25) is 5.02 Å². The van der Waals surface area contributed by atoms with Crippen molar-refractivity contribution in [3.05, 3.63) is 59.1 Å². The van der Waals surface area contributed by atoms with Crippen LogP contribution in [0.3, 0.4) is 0 Å². The van der Waals surface area contributed by atoms with Gasteiger partial charge in [0.1, 0.15) is 6.04 Å². The number of benzene rings is 2. The van der Waals surface area contributed by atoms with E-state index in [9.17, 15) is 9.59 Å². The summed E-state index contributed by atoms with van der Waals surface area (Å²) in [4.78, 5) is 26.3. The normalized spacial score (nSPS) is 16.6. The SMILES string of the molecule is CN(C(=O)Nc1ccc(Cl)cc1)[C@H]1CCc2ccccc2NC1=O. The number of rotatable bonds is 2. The monoisotopic (exact) mass is 343 g/mol. The summed E-state index contributed by atoms with van der Waals surface area (Å²) in [5, 5.41) is 6.28. The second-order valence-corrected chi connectivity index (χ2v) is 6.19. The van der Waals surface area contributed by atoms with Crippen molar-refractivity contribution in [2.24, 2.45) is 0 Å². The molecule has 3 amide bonds. The van der Waals surface area contributed by atoms with Crippen molar-refractivity contribution >= 4 is 34.9 Å². The average molecular weight is 344 g/mol. The van der Waals surface area contributed by atoms with Gasteiger partial charge in [-0.1, -0.05) is 29.8 Å². The first kappa shape index (κ1) is 16.3. The maximum absolute atomic E-state index is 12.5. The molecule has 2 aromatic rings. The molecule has 1 heterocycles. The number of para-hydroxylation sites is 1. The fourth-order valence-corrected chi connectivity index (χ4v) is 2.88. The molecule has 5 nitrogen and oxygen atoms in total. The lowest BCUT2D eigenvalue weighted by Crippen LogP contribution is -2.46. The maximum Gasteiger partial charge on any atom is 0.322 e. The van der Waals surface area contributed by atoms with Gasteiger partial charge in [0.25, 0.3) is 0 Å². The number of carbonyl (C=O) groups is 2. The largest absolute Gasteiger partial charge is 0.324 e. The number of aryl methyl sites for hydroxylation is 1. The Labute approximate surface area is 145 Å². The molecule has 1 atom stereocenters. The molecule has 1 aliphatic heterocycles. The second kappa shape index (κ2) is 6.93. The van der Waals surface area contributed by atoms with Gasteiger partial charge in [0, 0.05) is 23.4 Å². The summed E-state index contributed by atoms with van der Waals surface area (Å²) >= 11 is 5.84. The molecule has 2 aromatic carbocycles. The highest BCUT2D eigenvalue weighted by Gasteiger charge is 2.29. The van der Waals surface area contributed by atoms with Gasteiger partial charge < -0.3 is 15.5 Å². The van der Waals surface area contributed by atoms with E-state index in [1.165, 1.54) is 4.90 Å². The van der Waals surface area contributed by atoms with Crippen LogP contribution in [0.15, 0.2) is 48.5 Å². The molecule has 0 unspecified atom stereocenters. The number of halogens is 1. The van der Waals surface area contributed by atoms with Crippen LogP contribution in [-0.2, 0) is 11.2 Å². The number of anilines is 2. The summed E-state index contributed by atoms with van der Waals surface area (Å²) in [6, 6.07) is 13.7. The quantitative estimate of drug-likeness (QED) is 0.872. The van der Waals surface area contributed by atoms with E-state index in [2.05, 4.69) is 10.6 Å². The summed E-state index contributed by atoms with van der Waals surface area (Å²) < 4.78 is 0. The van der Waals surface area contributed by atoms with E-state index >= 15 is 0 Å². The Morgan fingerprint density at radius 3 is 2.67 bits per heavy atom. The Kier molecular flexibility index (Phi) is 4.71. The van der Waals surface area contributed by atoms with Crippen LogP contribution < -0.4 is 10.6 Å². The third kappa shape index (κ3) is 3.51. The first-order valence-corrected chi connectivity index (χ1v) is 8.10. The van der Waals surface area contributed by atoms with Crippen molar-refractivity contribution in [3.8, 4) is 0 Å². The first-order valence-electron chi connectivity index (χ1n) is 7.73. The van der Waals surface area contributed by atoms with Crippen LogP contribution in [0.4, 0.5) is 16.2 Å². The van der Waals surface area contributed by atoms with Crippen molar-refractivity contribution in [3.63, 3.8) is 0 Å². The van der Waals surface area contributed by atoms with Crippen molar-refractivity contribution in [1.82, 2.24) is 4.90 Å². The lowest BCUT2D eigenvalue weighted by molar-refractivity contribution is -0.120. The molecule has 0 bridgehead atoms. The van der Waals surface area contributed by atoms with Gasteiger partial charge in [-0.3, -0.25) is 4.79 Å². The topological polar surface area (TPSA) is 61.4 Å². The third-order valence-corrected chi connectivity index (χ3v) is 4.40. The van der Waals surface area contributed by atoms with Crippen LogP contribution in [0, 0.1) is 0 Å². The highest BCUT2D eigenvalue weighted by molar-refractivity contribution is 6.30. The molecule has 0 saturated heterocycles.